The molecule has 2 amide bonds. The number of hydrogen-bond acceptors (Lipinski definition) is 2. The van der Waals surface area contributed by atoms with Gasteiger partial charge in [0.25, 0.3) is 11.8 Å². The van der Waals surface area contributed by atoms with Crippen LogP contribution in [0.4, 0.5) is 8.78 Å². The fourth-order valence-corrected chi connectivity index (χ4v) is 1.68. The van der Waals surface area contributed by atoms with E-state index in [0.717, 1.165) is 12.1 Å². The Labute approximate surface area is 97.3 Å². The summed E-state index contributed by atoms with van der Waals surface area (Å²) in [5, 5.41) is 1.98. The van der Waals surface area contributed by atoms with Crippen molar-refractivity contribution >= 4 is 33.3 Å². The van der Waals surface area contributed by atoms with Crippen LogP contribution in [0, 0.1) is 11.6 Å². The third-order valence-corrected chi connectivity index (χ3v) is 2.66. The number of nitrogens with one attached hydrogen (secondary N) is 1. The maximum atomic E-state index is 13.4. The summed E-state index contributed by atoms with van der Waals surface area (Å²) in [4.78, 5) is 22.1. The van der Waals surface area contributed by atoms with Crippen molar-refractivity contribution in [2.75, 3.05) is 0 Å². The molecule has 1 aliphatic rings. The lowest BCUT2D eigenvalue weighted by molar-refractivity contribution is -0.123. The third-order valence-electron chi connectivity index (χ3n) is 2.06. The molecule has 0 aromatic heterocycles. The van der Waals surface area contributed by atoms with Crippen LogP contribution in [0.15, 0.2) is 22.7 Å². The summed E-state index contributed by atoms with van der Waals surface area (Å²) in [7, 11) is 0. The first-order valence-electron chi connectivity index (χ1n) is 4.21. The predicted octanol–water partition coefficient (Wildman–Crippen LogP) is 1.77. The smallest absolute Gasteiger partial charge is 0.259 e. The van der Waals surface area contributed by atoms with Crippen molar-refractivity contribution < 1.29 is 18.4 Å². The van der Waals surface area contributed by atoms with E-state index in [1.54, 1.807) is 0 Å². The highest BCUT2D eigenvalue weighted by atomic mass is 79.9. The summed E-state index contributed by atoms with van der Waals surface area (Å²) in [5.74, 6) is -2.97. The van der Waals surface area contributed by atoms with Gasteiger partial charge >= 0.3 is 0 Å². The zero-order valence-corrected chi connectivity index (χ0v) is 9.27. The molecule has 1 aliphatic heterocycles. The molecule has 0 saturated heterocycles. The number of benzene rings is 1. The standard InChI is InChI=1S/C10H4BrF2NO2/c11-6-1-4(7(12)3-8(6)13)5-2-9(15)14-10(5)16/h1-3H,(H,14,15,16). The van der Waals surface area contributed by atoms with Gasteiger partial charge in [0.2, 0.25) is 0 Å². The molecule has 82 valence electrons. The molecule has 0 aliphatic carbocycles. The second kappa shape index (κ2) is 3.79. The number of halogens is 3. The van der Waals surface area contributed by atoms with E-state index in [1.165, 1.54) is 0 Å². The van der Waals surface area contributed by atoms with Crippen LogP contribution in [0.2, 0.25) is 0 Å². The fraction of sp³-hybridized carbons (Fsp3) is 0. The number of hydrogen-bond donors (Lipinski definition) is 1. The summed E-state index contributed by atoms with van der Waals surface area (Å²) >= 11 is 2.88. The Balaban J connectivity index is 2.57. The van der Waals surface area contributed by atoms with Gasteiger partial charge in [0.05, 0.1) is 10.0 Å². The van der Waals surface area contributed by atoms with Crippen LogP contribution in [0.5, 0.6) is 0 Å². The van der Waals surface area contributed by atoms with Crippen LogP contribution in [0.25, 0.3) is 5.57 Å². The van der Waals surface area contributed by atoms with Crippen molar-refractivity contribution in [1.82, 2.24) is 5.32 Å². The molecule has 0 atom stereocenters. The first kappa shape index (κ1) is 10.9. The molecule has 2 rings (SSSR count). The monoisotopic (exact) mass is 287 g/mol. The second-order valence-corrected chi connectivity index (χ2v) is 3.98. The lowest BCUT2D eigenvalue weighted by atomic mass is 10.1. The molecule has 0 saturated carbocycles. The normalized spacial score (nSPS) is 15.1. The van der Waals surface area contributed by atoms with Gasteiger partial charge in [0.15, 0.2) is 0 Å². The highest BCUT2D eigenvalue weighted by Gasteiger charge is 2.25. The van der Waals surface area contributed by atoms with E-state index in [4.69, 9.17) is 0 Å². The SMILES string of the molecule is O=C1C=C(c2cc(Br)c(F)cc2F)C(=O)N1. The average molecular weight is 288 g/mol. The third kappa shape index (κ3) is 1.76. The molecule has 3 nitrogen and oxygen atoms in total. The number of rotatable bonds is 1. The molecule has 6 heteroatoms. The van der Waals surface area contributed by atoms with E-state index >= 15 is 0 Å². The minimum atomic E-state index is -0.892. The van der Waals surface area contributed by atoms with Gasteiger partial charge in [-0.2, -0.15) is 0 Å². The quantitative estimate of drug-likeness (QED) is 0.632. The molecule has 0 radical (unpaired) electrons. The average Bonchev–Trinajstić information content (AvgIpc) is 2.51. The highest BCUT2D eigenvalue weighted by molar-refractivity contribution is 9.10. The number of carbonyl (C=O) groups excluding carboxylic acids is 2. The highest BCUT2D eigenvalue weighted by Crippen LogP contribution is 2.26. The maximum Gasteiger partial charge on any atom is 0.259 e. The molecule has 16 heavy (non-hydrogen) atoms. The minimum Gasteiger partial charge on any atom is -0.289 e. The Morgan fingerprint density at radius 1 is 1.12 bits per heavy atom. The van der Waals surface area contributed by atoms with Crippen molar-refractivity contribution in [3.05, 3.63) is 39.9 Å². The summed E-state index contributed by atoms with van der Waals surface area (Å²) < 4.78 is 26.4. The van der Waals surface area contributed by atoms with Crippen molar-refractivity contribution in [3.8, 4) is 0 Å². The lowest BCUT2D eigenvalue weighted by Crippen LogP contribution is -2.22. The molecular formula is C10H4BrF2NO2. The first-order chi connectivity index (χ1) is 7.49. The first-order valence-corrected chi connectivity index (χ1v) is 5.00. The number of amides is 2. The van der Waals surface area contributed by atoms with Gasteiger partial charge < -0.3 is 0 Å². The van der Waals surface area contributed by atoms with Gasteiger partial charge in [-0.3, -0.25) is 14.9 Å². The van der Waals surface area contributed by atoms with Gasteiger partial charge in [0, 0.05) is 17.7 Å². The Hall–Kier alpha value is -1.56. The van der Waals surface area contributed by atoms with Crippen molar-refractivity contribution in [1.29, 1.82) is 0 Å². The Bertz CT molecular complexity index is 540. The summed E-state index contributed by atoms with van der Waals surface area (Å²) in [5.41, 5.74) is -0.222. The molecule has 1 heterocycles. The minimum absolute atomic E-state index is 0.0250. The van der Waals surface area contributed by atoms with Crippen LogP contribution in [0.1, 0.15) is 5.56 Å². The molecule has 0 spiro atoms. The van der Waals surface area contributed by atoms with Gasteiger partial charge in [-0.05, 0) is 22.0 Å². The summed E-state index contributed by atoms with van der Waals surface area (Å²) in [6.07, 6.45) is 0.977. The summed E-state index contributed by atoms with van der Waals surface area (Å²) in [6, 6.07) is 1.77. The Kier molecular flexibility index (Phi) is 2.59. The number of carbonyl (C=O) groups is 2. The topological polar surface area (TPSA) is 46.2 Å². The van der Waals surface area contributed by atoms with Crippen LogP contribution >= 0.6 is 15.9 Å². The van der Waals surface area contributed by atoms with Crippen LogP contribution in [0.3, 0.4) is 0 Å². The van der Waals surface area contributed by atoms with Crippen LogP contribution < -0.4 is 5.32 Å². The second-order valence-electron chi connectivity index (χ2n) is 3.12. The van der Waals surface area contributed by atoms with E-state index in [0.29, 0.717) is 6.07 Å². The van der Waals surface area contributed by atoms with Crippen LogP contribution in [-0.2, 0) is 9.59 Å². The Morgan fingerprint density at radius 3 is 2.38 bits per heavy atom. The van der Waals surface area contributed by atoms with Gasteiger partial charge in [0.1, 0.15) is 11.6 Å². The molecule has 0 unspecified atom stereocenters. The zero-order chi connectivity index (χ0) is 11.9. The lowest BCUT2D eigenvalue weighted by Gasteiger charge is -2.04. The summed E-state index contributed by atoms with van der Waals surface area (Å²) in [6.45, 7) is 0. The van der Waals surface area contributed by atoms with E-state index in [-0.39, 0.29) is 15.6 Å². The van der Waals surface area contributed by atoms with Crippen LogP contribution in [-0.4, -0.2) is 11.8 Å². The largest absolute Gasteiger partial charge is 0.289 e. The van der Waals surface area contributed by atoms with Crippen molar-refractivity contribution in [2.45, 2.75) is 0 Å². The molecule has 1 aromatic rings. The predicted molar refractivity (Wildman–Crippen MR) is 55.2 cm³/mol. The van der Waals surface area contributed by atoms with Gasteiger partial charge in [-0.25, -0.2) is 8.78 Å². The Morgan fingerprint density at radius 2 is 1.81 bits per heavy atom. The van der Waals surface area contributed by atoms with E-state index in [1.807, 2.05) is 5.32 Å². The molecule has 0 fully saturated rings. The van der Waals surface area contributed by atoms with E-state index < -0.39 is 23.4 Å². The van der Waals surface area contributed by atoms with Crippen molar-refractivity contribution in [3.63, 3.8) is 0 Å². The van der Waals surface area contributed by atoms with E-state index in [2.05, 4.69) is 15.9 Å². The van der Waals surface area contributed by atoms with Crippen molar-refractivity contribution in [2.24, 2.45) is 0 Å². The van der Waals surface area contributed by atoms with Gasteiger partial charge in [-0.1, -0.05) is 0 Å². The fourth-order valence-electron chi connectivity index (χ4n) is 1.34. The molecule has 1 aromatic carbocycles. The van der Waals surface area contributed by atoms with Gasteiger partial charge in [-0.15, -0.1) is 0 Å². The zero-order valence-electron chi connectivity index (χ0n) is 7.68. The maximum absolute atomic E-state index is 13.4. The molecular weight excluding hydrogens is 284 g/mol. The molecule has 0 bridgehead atoms. The molecule has 1 N–H and O–H groups in total. The number of imide groups is 1. The van der Waals surface area contributed by atoms with E-state index in [9.17, 15) is 18.4 Å².